The first-order valence-electron chi connectivity index (χ1n) is 6.16. The molecule has 3 nitrogen and oxygen atoms in total. The van der Waals surface area contributed by atoms with E-state index in [0.29, 0.717) is 13.2 Å². The van der Waals surface area contributed by atoms with E-state index >= 15 is 0 Å². The molecule has 3 rings (SSSR count). The predicted octanol–water partition coefficient (Wildman–Crippen LogP) is 1.94. The Balaban J connectivity index is 1.91. The average molecular weight is 228 g/mol. The van der Waals surface area contributed by atoms with Crippen LogP contribution >= 0.6 is 0 Å². The number of hydrogen-bond acceptors (Lipinski definition) is 3. The van der Waals surface area contributed by atoms with Crippen LogP contribution in [-0.2, 0) is 16.9 Å². The zero-order valence-corrected chi connectivity index (χ0v) is 9.78. The summed E-state index contributed by atoms with van der Waals surface area (Å²) < 4.78 is 5.57. The first kappa shape index (κ1) is 10.8. The minimum absolute atomic E-state index is 0.452. The maximum Gasteiger partial charge on any atom is 0.156 e. The summed E-state index contributed by atoms with van der Waals surface area (Å²) in [4.78, 5) is 0. The molecule has 1 fully saturated rings. The first-order chi connectivity index (χ1) is 8.34. The second-order valence-corrected chi connectivity index (χ2v) is 4.99. The van der Waals surface area contributed by atoms with Gasteiger partial charge in [-0.2, -0.15) is 5.26 Å². The third-order valence-electron chi connectivity index (χ3n) is 3.63. The van der Waals surface area contributed by atoms with E-state index in [0.717, 1.165) is 23.6 Å². The molecule has 1 unspecified atom stereocenters. The Hall–Kier alpha value is -1.37. The van der Waals surface area contributed by atoms with Crippen molar-refractivity contribution in [3.63, 3.8) is 0 Å². The van der Waals surface area contributed by atoms with Gasteiger partial charge in [0.05, 0.1) is 19.3 Å². The summed E-state index contributed by atoms with van der Waals surface area (Å²) >= 11 is 0. The third kappa shape index (κ3) is 1.95. The fourth-order valence-electron chi connectivity index (χ4n) is 2.37. The normalized spacial score (nSPS) is 27.2. The van der Waals surface area contributed by atoms with Crippen LogP contribution < -0.4 is 5.32 Å². The van der Waals surface area contributed by atoms with Crippen molar-refractivity contribution < 1.29 is 4.74 Å². The molecule has 0 aromatic heterocycles. The molecule has 0 radical (unpaired) electrons. The molecule has 0 bridgehead atoms. The van der Waals surface area contributed by atoms with Crippen LogP contribution in [0.4, 0.5) is 0 Å². The van der Waals surface area contributed by atoms with Gasteiger partial charge in [-0.25, -0.2) is 0 Å². The molecular formula is C14H16N2O. The molecule has 1 atom stereocenters. The molecule has 0 amide bonds. The van der Waals surface area contributed by atoms with Crippen LogP contribution in [0.15, 0.2) is 24.3 Å². The summed E-state index contributed by atoms with van der Waals surface area (Å²) in [6, 6.07) is 10.5. The van der Waals surface area contributed by atoms with Crippen molar-refractivity contribution in [2.24, 2.45) is 5.92 Å². The zero-order chi connectivity index (χ0) is 11.7. The van der Waals surface area contributed by atoms with E-state index in [1.807, 2.05) is 24.3 Å². The van der Waals surface area contributed by atoms with Crippen molar-refractivity contribution >= 4 is 0 Å². The number of nitrogens with zero attached hydrogens (tertiary/aromatic N) is 1. The molecule has 1 heterocycles. The number of hydrogen-bond donors (Lipinski definition) is 1. The van der Waals surface area contributed by atoms with E-state index in [2.05, 4.69) is 11.4 Å². The van der Waals surface area contributed by atoms with E-state index in [1.54, 1.807) is 0 Å². The van der Waals surface area contributed by atoms with Crippen LogP contribution in [-0.4, -0.2) is 13.2 Å². The zero-order valence-electron chi connectivity index (χ0n) is 9.78. The summed E-state index contributed by atoms with van der Waals surface area (Å²) in [6.07, 6.45) is 2.58. The number of ether oxygens (including phenoxy) is 1. The van der Waals surface area contributed by atoms with E-state index in [-0.39, 0.29) is 0 Å². The van der Waals surface area contributed by atoms with Gasteiger partial charge in [-0.3, -0.25) is 5.32 Å². The SMILES string of the molecule is N#CC1(NCC2CC2)COCc2ccccc21. The number of benzene rings is 1. The predicted molar refractivity (Wildman–Crippen MR) is 64.1 cm³/mol. The molecule has 1 aliphatic carbocycles. The van der Waals surface area contributed by atoms with Crippen LogP contribution in [0.1, 0.15) is 24.0 Å². The fourth-order valence-corrected chi connectivity index (χ4v) is 2.37. The van der Waals surface area contributed by atoms with E-state index in [9.17, 15) is 5.26 Å². The van der Waals surface area contributed by atoms with Crippen molar-refractivity contribution in [2.75, 3.05) is 13.2 Å². The van der Waals surface area contributed by atoms with Gasteiger partial charge >= 0.3 is 0 Å². The lowest BCUT2D eigenvalue weighted by Gasteiger charge is -2.34. The molecule has 17 heavy (non-hydrogen) atoms. The molecule has 1 aromatic rings. The second-order valence-electron chi connectivity index (χ2n) is 4.99. The van der Waals surface area contributed by atoms with Gasteiger partial charge in [0, 0.05) is 0 Å². The molecule has 0 saturated heterocycles. The van der Waals surface area contributed by atoms with E-state index < -0.39 is 5.54 Å². The van der Waals surface area contributed by atoms with E-state index in [1.165, 1.54) is 12.8 Å². The summed E-state index contributed by atoms with van der Waals surface area (Å²) in [6.45, 7) is 1.99. The molecular weight excluding hydrogens is 212 g/mol. The molecule has 0 spiro atoms. The molecule has 1 aromatic carbocycles. The number of nitriles is 1. The van der Waals surface area contributed by atoms with E-state index in [4.69, 9.17) is 4.74 Å². The maximum absolute atomic E-state index is 9.53. The van der Waals surface area contributed by atoms with Gasteiger partial charge in [-0.15, -0.1) is 0 Å². The Morgan fingerprint density at radius 1 is 1.41 bits per heavy atom. The van der Waals surface area contributed by atoms with Crippen molar-refractivity contribution in [2.45, 2.75) is 25.0 Å². The summed E-state index contributed by atoms with van der Waals surface area (Å²) in [5.74, 6) is 0.759. The topological polar surface area (TPSA) is 45.0 Å². The number of nitrogens with one attached hydrogen (secondary N) is 1. The second kappa shape index (κ2) is 4.14. The van der Waals surface area contributed by atoms with Gasteiger partial charge < -0.3 is 4.74 Å². The Morgan fingerprint density at radius 2 is 2.24 bits per heavy atom. The minimum atomic E-state index is -0.641. The monoisotopic (exact) mass is 228 g/mol. The largest absolute Gasteiger partial charge is 0.373 e. The third-order valence-corrected chi connectivity index (χ3v) is 3.63. The lowest BCUT2D eigenvalue weighted by atomic mass is 9.86. The van der Waals surface area contributed by atoms with Gasteiger partial charge in [0.25, 0.3) is 0 Å². The first-order valence-corrected chi connectivity index (χ1v) is 6.16. The summed E-state index contributed by atoms with van der Waals surface area (Å²) in [5.41, 5.74) is 1.58. The average Bonchev–Trinajstić information content (AvgIpc) is 3.20. The Morgan fingerprint density at radius 3 is 3.00 bits per heavy atom. The standard InChI is InChI=1S/C14H16N2O/c15-9-14(16-7-11-5-6-11)10-17-8-12-3-1-2-4-13(12)14/h1-4,11,16H,5-8,10H2. The lowest BCUT2D eigenvalue weighted by Crippen LogP contribution is -2.48. The van der Waals surface area contributed by atoms with Gasteiger partial charge in [0.15, 0.2) is 5.54 Å². The summed E-state index contributed by atoms with van der Waals surface area (Å²) in [7, 11) is 0. The fraction of sp³-hybridized carbons (Fsp3) is 0.500. The van der Waals surface area contributed by atoms with Gasteiger partial charge in [-0.05, 0) is 36.4 Å². The van der Waals surface area contributed by atoms with Crippen LogP contribution in [0, 0.1) is 17.2 Å². The maximum atomic E-state index is 9.53. The Bertz CT molecular complexity index is 462. The van der Waals surface area contributed by atoms with Gasteiger partial charge in [0.2, 0.25) is 0 Å². The van der Waals surface area contributed by atoms with Crippen molar-refractivity contribution in [1.29, 1.82) is 5.26 Å². The van der Waals surface area contributed by atoms with Gasteiger partial charge in [0.1, 0.15) is 0 Å². The highest BCUT2D eigenvalue weighted by molar-refractivity contribution is 5.40. The molecule has 1 N–H and O–H groups in total. The van der Waals surface area contributed by atoms with Crippen LogP contribution in [0.5, 0.6) is 0 Å². The Kier molecular flexibility index (Phi) is 2.62. The van der Waals surface area contributed by atoms with Crippen molar-refractivity contribution in [3.05, 3.63) is 35.4 Å². The molecule has 1 aliphatic heterocycles. The lowest BCUT2D eigenvalue weighted by molar-refractivity contribution is 0.0579. The quantitative estimate of drug-likeness (QED) is 0.859. The molecule has 3 heteroatoms. The van der Waals surface area contributed by atoms with Crippen molar-refractivity contribution in [3.8, 4) is 6.07 Å². The number of fused-ring (bicyclic) bond motifs is 1. The minimum Gasteiger partial charge on any atom is -0.373 e. The highest BCUT2D eigenvalue weighted by Gasteiger charge is 2.38. The molecule has 1 saturated carbocycles. The highest BCUT2D eigenvalue weighted by Crippen LogP contribution is 2.33. The Labute approximate surface area is 101 Å². The number of rotatable bonds is 3. The van der Waals surface area contributed by atoms with Gasteiger partial charge in [-0.1, -0.05) is 24.3 Å². The highest BCUT2D eigenvalue weighted by atomic mass is 16.5. The van der Waals surface area contributed by atoms with Crippen LogP contribution in [0.25, 0.3) is 0 Å². The van der Waals surface area contributed by atoms with Crippen LogP contribution in [0.3, 0.4) is 0 Å². The van der Waals surface area contributed by atoms with Crippen LogP contribution in [0.2, 0.25) is 0 Å². The molecule has 2 aliphatic rings. The molecule has 88 valence electrons. The van der Waals surface area contributed by atoms with Crippen molar-refractivity contribution in [1.82, 2.24) is 5.32 Å². The smallest absolute Gasteiger partial charge is 0.156 e. The summed E-state index contributed by atoms with van der Waals surface area (Å²) in [5, 5.41) is 12.9.